The van der Waals surface area contributed by atoms with Crippen LogP contribution >= 0.6 is 24.0 Å². The lowest BCUT2D eigenvalue weighted by Crippen LogP contribution is -2.41. The SMILES string of the molecule is CCNC(=NCC(=O)NCCc1ccccc1)NCC1CC(=O)Nc2ccccc21.I. The molecule has 8 heteroatoms. The van der Waals surface area contributed by atoms with Crippen molar-refractivity contribution in [2.24, 2.45) is 4.99 Å². The molecule has 0 saturated heterocycles. The number of fused-ring (bicyclic) bond motifs is 1. The Balaban J connectivity index is 0.00000341. The van der Waals surface area contributed by atoms with Crippen molar-refractivity contribution in [3.05, 3.63) is 65.7 Å². The minimum absolute atomic E-state index is 0. The van der Waals surface area contributed by atoms with E-state index in [2.05, 4.69) is 26.3 Å². The van der Waals surface area contributed by atoms with E-state index in [1.165, 1.54) is 5.56 Å². The first kappa shape index (κ1) is 24.6. The van der Waals surface area contributed by atoms with Crippen molar-refractivity contribution in [2.75, 3.05) is 31.5 Å². The van der Waals surface area contributed by atoms with Crippen molar-refractivity contribution in [1.29, 1.82) is 0 Å². The molecular formula is C23H30IN5O2. The minimum atomic E-state index is -0.120. The Bertz CT molecular complexity index is 889. The van der Waals surface area contributed by atoms with E-state index in [-0.39, 0.29) is 48.3 Å². The molecule has 1 aliphatic heterocycles. The molecule has 0 saturated carbocycles. The first-order valence-corrected chi connectivity index (χ1v) is 10.4. The molecule has 3 rings (SSSR count). The van der Waals surface area contributed by atoms with E-state index in [9.17, 15) is 9.59 Å². The highest BCUT2D eigenvalue weighted by atomic mass is 127. The van der Waals surface area contributed by atoms with Gasteiger partial charge in [0.15, 0.2) is 5.96 Å². The number of hydrogen-bond donors (Lipinski definition) is 4. The lowest BCUT2D eigenvalue weighted by atomic mass is 9.90. The molecule has 2 aromatic rings. The van der Waals surface area contributed by atoms with E-state index in [0.717, 1.165) is 17.7 Å². The first-order valence-electron chi connectivity index (χ1n) is 10.4. The molecule has 4 N–H and O–H groups in total. The molecule has 0 bridgehead atoms. The number of nitrogens with zero attached hydrogens (tertiary/aromatic N) is 1. The average Bonchev–Trinajstić information content (AvgIpc) is 2.76. The van der Waals surface area contributed by atoms with Crippen LogP contribution < -0.4 is 21.3 Å². The summed E-state index contributed by atoms with van der Waals surface area (Å²) in [5.74, 6) is 0.517. The molecule has 0 fully saturated rings. The van der Waals surface area contributed by atoms with Crippen molar-refractivity contribution in [3.63, 3.8) is 0 Å². The van der Waals surface area contributed by atoms with Gasteiger partial charge >= 0.3 is 0 Å². The van der Waals surface area contributed by atoms with Gasteiger partial charge in [-0.15, -0.1) is 24.0 Å². The summed E-state index contributed by atoms with van der Waals surface area (Å²) in [5, 5.41) is 12.2. The summed E-state index contributed by atoms with van der Waals surface area (Å²) in [5.41, 5.74) is 3.16. The van der Waals surface area contributed by atoms with Crippen LogP contribution in [0.25, 0.3) is 0 Å². The van der Waals surface area contributed by atoms with Crippen LogP contribution in [0, 0.1) is 0 Å². The van der Waals surface area contributed by atoms with Gasteiger partial charge in [-0.2, -0.15) is 0 Å². The van der Waals surface area contributed by atoms with Crippen LogP contribution in [0.4, 0.5) is 5.69 Å². The average molecular weight is 535 g/mol. The number of carbonyl (C=O) groups is 2. The van der Waals surface area contributed by atoms with Crippen molar-refractivity contribution < 1.29 is 9.59 Å². The Labute approximate surface area is 200 Å². The summed E-state index contributed by atoms with van der Waals surface area (Å²) in [6, 6.07) is 17.9. The van der Waals surface area contributed by atoms with Gasteiger partial charge in [0.05, 0.1) is 0 Å². The van der Waals surface area contributed by atoms with Crippen LogP contribution in [0.5, 0.6) is 0 Å². The van der Waals surface area contributed by atoms with Crippen LogP contribution in [0.2, 0.25) is 0 Å². The number of amides is 2. The fourth-order valence-corrected chi connectivity index (χ4v) is 3.44. The standard InChI is InChI=1S/C23H29N5O2.HI/c1-2-24-23(27-16-22(30)25-13-12-17-8-4-3-5-9-17)26-15-18-14-21(29)28-20-11-7-6-10-19(18)20;/h3-11,18H,2,12-16H2,1H3,(H,25,30)(H,28,29)(H2,24,26,27);1H. The minimum Gasteiger partial charge on any atom is -0.357 e. The number of aliphatic imine (C=N–C) groups is 1. The van der Waals surface area contributed by atoms with Gasteiger partial charge in [-0.05, 0) is 30.5 Å². The number of para-hydroxylation sites is 1. The van der Waals surface area contributed by atoms with Crippen LogP contribution in [-0.2, 0) is 16.0 Å². The summed E-state index contributed by atoms with van der Waals surface area (Å²) in [4.78, 5) is 28.5. The van der Waals surface area contributed by atoms with Gasteiger partial charge < -0.3 is 21.3 Å². The maximum atomic E-state index is 12.1. The Kier molecular flexibility index (Phi) is 10.3. The second-order valence-corrected chi connectivity index (χ2v) is 7.20. The van der Waals surface area contributed by atoms with Crippen molar-refractivity contribution >= 4 is 47.4 Å². The number of carbonyl (C=O) groups excluding carboxylic acids is 2. The Hall–Kier alpha value is -2.62. The number of nitrogens with one attached hydrogen (secondary N) is 4. The summed E-state index contributed by atoms with van der Waals surface area (Å²) < 4.78 is 0. The van der Waals surface area contributed by atoms with E-state index >= 15 is 0 Å². The maximum Gasteiger partial charge on any atom is 0.241 e. The third-order valence-electron chi connectivity index (χ3n) is 4.93. The van der Waals surface area contributed by atoms with Crippen LogP contribution in [-0.4, -0.2) is 44.0 Å². The molecule has 1 atom stereocenters. The highest BCUT2D eigenvalue weighted by molar-refractivity contribution is 14.0. The topological polar surface area (TPSA) is 94.6 Å². The molecule has 0 spiro atoms. The van der Waals surface area contributed by atoms with Crippen molar-refractivity contribution in [2.45, 2.75) is 25.7 Å². The zero-order valence-electron chi connectivity index (χ0n) is 17.7. The van der Waals surface area contributed by atoms with Crippen LogP contribution in [0.1, 0.15) is 30.4 Å². The highest BCUT2D eigenvalue weighted by Crippen LogP contribution is 2.31. The summed E-state index contributed by atoms with van der Waals surface area (Å²) in [7, 11) is 0. The molecule has 166 valence electrons. The molecular weight excluding hydrogens is 505 g/mol. The molecule has 0 aliphatic carbocycles. The highest BCUT2D eigenvalue weighted by Gasteiger charge is 2.24. The van der Waals surface area contributed by atoms with Gasteiger partial charge in [0, 0.05) is 37.7 Å². The smallest absolute Gasteiger partial charge is 0.241 e. The fourth-order valence-electron chi connectivity index (χ4n) is 3.44. The van der Waals surface area contributed by atoms with Crippen molar-refractivity contribution in [3.8, 4) is 0 Å². The van der Waals surface area contributed by atoms with Gasteiger partial charge in [0.25, 0.3) is 0 Å². The third kappa shape index (κ3) is 7.86. The molecule has 7 nitrogen and oxygen atoms in total. The number of guanidine groups is 1. The third-order valence-corrected chi connectivity index (χ3v) is 4.93. The molecule has 0 radical (unpaired) electrons. The number of hydrogen-bond acceptors (Lipinski definition) is 3. The van der Waals surface area contributed by atoms with Gasteiger partial charge in [0.1, 0.15) is 6.54 Å². The second kappa shape index (κ2) is 12.9. The maximum absolute atomic E-state index is 12.1. The van der Waals surface area contributed by atoms with E-state index in [1.54, 1.807) is 0 Å². The first-order chi connectivity index (χ1) is 14.7. The normalized spacial score (nSPS) is 15.2. The van der Waals surface area contributed by atoms with Gasteiger partial charge in [-0.1, -0.05) is 48.5 Å². The van der Waals surface area contributed by atoms with E-state index in [0.29, 0.717) is 32.0 Å². The Morgan fingerprint density at radius 3 is 2.58 bits per heavy atom. The van der Waals surface area contributed by atoms with Crippen molar-refractivity contribution in [1.82, 2.24) is 16.0 Å². The van der Waals surface area contributed by atoms with Gasteiger partial charge in [-0.25, -0.2) is 4.99 Å². The molecule has 1 heterocycles. The summed E-state index contributed by atoms with van der Waals surface area (Å²) >= 11 is 0. The molecule has 2 amide bonds. The van der Waals surface area contributed by atoms with E-state index < -0.39 is 0 Å². The molecule has 1 aliphatic rings. The Morgan fingerprint density at radius 1 is 1.06 bits per heavy atom. The zero-order chi connectivity index (χ0) is 21.2. The fraction of sp³-hybridized carbons (Fsp3) is 0.348. The summed E-state index contributed by atoms with van der Waals surface area (Å²) in [6.07, 6.45) is 1.21. The second-order valence-electron chi connectivity index (χ2n) is 7.20. The van der Waals surface area contributed by atoms with Crippen LogP contribution in [0.3, 0.4) is 0 Å². The van der Waals surface area contributed by atoms with Crippen LogP contribution in [0.15, 0.2) is 59.6 Å². The van der Waals surface area contributed by atoms with E-state index in [4.69, 9.17) is 0 Å². The van der Waals surface area contributed by atoms with Gasteiger partial charge in [0.2, 0.25) is 11.8 Å². The Morgan fingerprint density at radius 2 is 1.81 bits per heavy atom. The monoisotopic (exact) mass is 535 g/mol. The zero-order valence-corrected chi connectivity index (χ0v) is 20.0. The number of rotatable bonds is 8. The number of halogens is 1. The predicted octanol–water partition coefficient (Wildman–Crippen LogP) is 2.64. The molecule has 31 heavy (non-hydrogen) atoms. The lowest BCUT2D eigenvalue weighted by molar-refractivity contribution is -0.119. The number of benzene rings is 2. The van der Waals surface area contributed by atoms with E-state index in [1.807, 2.05) is 61.5 Å². The predicted molar refractivity (Wildman–Crippen MR) is 135 cm³/mol. The lowest BCUT2D eigenvalue weighted by Gasteiger charge is -2.26. The number of anilines is 1. The summed E-state index contributed by atoms with van der Waals surface area (Å²) in [6.45, 7) is 3.84. The largest absolute Gasteiger partial charge is 0.357 e. The molecule has 1 unspecified atom stereocenters. The quantitative estimate of drug-likeness (QED) is 0.238. The van der Waals surface area contributed by atoms with Gasteiger partial charge in [-0.3, -0.25) is 9.59 Å². The molecule has 2 aromatic carbocycles. The molecule has 0 aromatic heterocycles.